The molecule has 6 heteroatoms. The van der Waals surface area contributed by atoms with Gasteiger partial charge in [-0.3, -0.25) is 4.79 Å². The molecule has 2 bridgehead atoms. The molecule has 0 amide bonds. The van der Waals surface area contributed by atoms with Gasteiger partial charge < -0.3 is 24.8 Å². The van der Waals surface area contributed by atoms with E-state index in [0.29, 0.717) is 18.4 Å². The van der Waals surface area contributed by atoms with E-state index in [1.54, 1.807) is 7.11 Å². The molecule has 286 valence electrons. The number of benzene rings is 1. The molecule has 5 aliphatic carbocycles. The molecular weight excluding hydrogens is 636 g/mol. The van der Waals surface area contributed by atoms with E-state index in [1.807, 2.05) is 6.92 Å². The quantitative estimate of drug-likeness (QED) is 0.199. The van der Waals surface area contributed by atoms with Crippen molar-refractivity contribution in [3.05, 3.63) is 35.4 Å². The van der Waals surface area contributed by atoms with E-state index in [-0.39, 0.29) is 51.4 Å². The van der Waals surface area contributed by atoms with Crippen LogP contribution in [0.5, 0.6) is 0 Å². The lowest BCUT2D eigenvalue weighted by Gasteiger charge is -2.76. The Balaban J connectivity index is 1.26. The van der Waals surface area contributed by atoms with Crippen LogP contribution in [0.3, 0.4) is 0 Å². The zero-order valence-electron chi connectivity index (χ0n) is 33.1. The van der Waals surface area contributed by atoms with Gasteiger partial charge in [-0.05, 0) is 135 Å². The summed E-state index contributed by atoms with van der Waals surface area (Å²) in [6.45, 7) is 15.0. The number of carboxylic acids is 1. The lowest BCUT2D eigenvalue weighted by Crippen LogP contribution is -2.71. The van der Waals surface area contributed by atoms with Gasteiger partial charge in [0, 0.05) is 24.9 Å². The first-order valence-corrected chi connectivity index (χ1v) is 21.0. The fourth-order valence-electron chi connectivity index (χ4n) is 15.0. The van der Waals surface area contributed by atoms with Crippen molar-refractivity contribution in [2.75, 3.05) is 13.7 Å². The second-order valence-corrected chi connectivity index (χ2v) is 20.1. The summed E-state index contributed by atoms with van der Waals surface area (Å²) in [7, 11) is 1.74. The molecule has 1 heterocycles. The third kappa shape index (κ3) is 5.48. The molecule has 1 saturated heterocycles. The van der Waals surface area contributed by atoms with E-state index in [1.165, 1.54) is 56.1 Å². The zero-order chi connectivity index (χ0) is 36.7. The normalized spacial score (nSPS) is 48.6. The van der Waals surface area contributed by atoms with Gasteiger partial charge in [-0.15, -0.1) is 0 Å². The summed E-state index contributed by atoms with van der Waals surface area (Å²) in [5.41, 5.74) is 1.78. The molecule has 51 heavy (non-hydrogen) atoms. The predicted molar refractivity (Wildman–Crippen MR) is 201 cm³/mol. The first kappa shape index (κ1) is 37.8. The number of aliphatic hydroxyl groups excluding tert-OH is 1. The zero-order valence-corrected chi connectivity index (χ0v) is 33.1. The summed E-state index contributed by atoms with van der Waals surface area (Å²) >= 11 is 0. The van der Waals surface area contributed by atoms with Crippen molar-refractivity contribution in [3.8, 4) is 0 Å². The summed E-state index contributed by atoms with van der Waals surface area (Å²) in [6.07, 6.45) is 16.5. The van der Waals surface area contributed by atoms with Crippen LogP contribution in [0.1, 0.15) is 149 Å². The third-order valence-corrected chi connectivity index (χ3v) is 17.9. The van der Waals surface area contributed by atoms with E-state index in [4.69, 9.17) is 9.47 Å². The van der Waals surface area contributed by atoms with Crippen molar-refractivity contribution in [2.24, 2.45) is 56.2 Å². The summed E-state index contributed by atoms with van der Waals surface area (Å²) in [5.74, 6) is -1.08. The fourth-order valence-corrected chi connectivity index (χ4v) is 15.0. The lowest BCUT2D eigenvalue weighted by molar-refractivity contribution is -0.291. The van der Waals surface area contributed by atoms with Crippen LogP contribution in [0.2, 0.25) is 0 Å². The Hall–Kier alpha value is -1.47. The number of carboxylic acid groups (broad SMARTS) is 1. The molecule has 6 fully saturated rings. The van der Waals surface area contributed by atoms with E-state index in [9.17, 15) is 20.1 Å². The van der Waals surface area contributed by atoms with Gasteiger partial charge in [0.15, 0.2) is 5.79 Å². The minimum atomic E-state index is -1.31. The highest BCUT2D eigenvalue weighted by Crippen LogP contribution is 2.81. The van der Waals surface area contributed by atoms with Gasteiger partial charge >= 0.3 is 5.97 Å². The Morgan fingerprint density at radius 1 is 0.902 bits per heavy atom. The van der Waals surface area contributed by atoms with Crippen LogP contribution in [0.15, 0.2) is 24.3 Å². The second-order valence-electron chi connectivity index (χ2n) is 20.1. The van der Waals surface area contributed by atoms with Gasteiger partial charge in [-0.25, -0.2) is 0 Å². The smallest absolute Gasteiger partial charge is 0.309 e. The van der Waals surface area contributed by atoms with Crippen LogP contribution in [-0.4, -0.2) is 53.0 Å². The summed E-state index contributed by atoms with van der Waals surface area (Å²) in [6, 6.07) is 8.86. The number of hydrogen-bond acceptors (Lipinski definition) is 5. The van der Waals surface area contributed by atoms with Crippen LogP contribution in [0.4, 0.5) is 0 Å². The maximum Gasteiger partial charge on any atom is 0.309 e. The van der Waals surface area contributed by atoms with E-state index in [0.717, 1.165) is 57.8 Å². The largest absolute Gasteiger partial charge is 0.481 e. The Bertz CT molecular complexity index is 1440. The highest BCUT2D eigenvalue weighted by molar-refractivity contribution is 5.74. The molecule has 1 aromatic rings. The monoisotopic (exact) mass is 707 g/mol. The van der Waals surface area contributed by atoms with Crippen molar-refractivity contribution in [1.82, 2.24) is 0 Å². The molecule has 1 aromatic carbocycles. The number of rotatable bonds is 11. The predicted octanol–water partition coefficient (Wildman–Crippen LogP) is 9.37. The molecular formula is C45H70O6. The SMILES string of the molecule is CCCCCCC12CCC3(C)C4C(O)CC5(O)OC(Cc6ccc(CCOC)cc6)C4(CCC3C1(C)CCC1(C)CCC(C)(C(=O)O)CC12)C5C. The summed E-state index contributed by atoms with van der Waals surface area (Å²) < 4.78 is 12.1. The Kier molecular flexibility index (Phi) is 9.71. The highest BCUT2D eigenvalue weighted by atomic mass is 16.6. The maximum absolute atomic E-state index is 12.9. The molecule has 7 rings (SSSR count). The number of unbranched alkanes of at least 4 members (excludes halogenated alkanes) is 3. The van der Waals surface area contributed by atoms with Gasteiger partial charge in [-0.2, -0.15) is 0 Å². The maximum atomic E-state index is 12.9. The number of carbonyl (C=O) groups is 1. The van der Waals surface area contributed by atoms with Crippen LogP contribution in [-0.2, 0) is 27.1 Å². The topological polar surface area (TPSA) is 96.2 Å². The molecule has 1 spiro atoms. The third-order valence-electron chi connectivity index (χ3n) is 17.9. The van der Waals surface area contributed by atoms with E-state index < -0.39 is 23.3 Å². The van der Waals surface area contributed by atoms with Crippen LogP contribution in [0.25, 0.3) is 0 Å². The van der Waals surface area contributed by atoms with Crippen molar-refractivity contribution < 1.29 is 29.6 Å². The van der Waals surface area contributed by atoms with Crippen LogP contribution in [0, 0.1) is 56.2 Å². The molecule has 13 unspecified atom stereocenters. The number of fused-ring (bicyclic) bond motifs is 7. The lowest BCUT2D eigenvalue weighted by atomic mass is 9.28. The number of methoxy groups -OCH3 is 1. The Labute approximate surface area is 308 Å². The van der Waals surface area contributed by atoms with E-state index >= 15 is 0 Å². The van der Waals surface area contributed by atoms with Gasteiger partial charge in [0.25, 0.3) is 0 Å². The van der Waals surface area contributed by atoms with Crippen LogP contribution < -0.4 is 0 Å². The number of hydrogen-bond donors (Lipinski definition) is 3. The molecule has 6 aliphatic rings. The standard InChI is InChI=1S/C45H70O6/c1-8-9-10-11-18-43-25-23-41(5)34(42(43,6)24-22-39(3)20-21-40(4,38(47)48)29-35(39)43)16-19-44-30(2)45(49,28-33(46)37(41)44)51-36(44)27-32-14-12-31(13-15-32)17-26-50-7/h12-15,30,33-37,46,49H,8-11,16-29H2,1-7H3,(H,47,48). The summed E-state index contributed by atoms with van der Waals surface area (Å²) in [5, 5.41) is 35.0. The molecule has 1 aliphatic heterocycles. The Morgan fingerprint density at radius 3 is 2.29 bits per heavy atom. The van der Waals surface area contributed by atoms with Crippen molar-refractivity contribution >= 4 is 5.97 Å². The van der Waals surface area contributed by atoms with E-state index in [2.05, 4.69) is 58.9 Å². The van der Waals surface area contributed by atoms with Gasteiger partial charge in [0.1, 0.15) is 0 Å². The molecule has 5 saturated carbocycles. The van der Waals surface area contributed by atoms with Crippen LogP contribution >= 0.6 is 0 Å². The van der Waals surface area contributed by atoms with Crippen molar-refractivity contribution in [3.63, 3.8) is 0 Å². The van der Waals surface area contributed by atoms with Gasteiger partial charge in [0.05, 0.1) is 24.2 Å². The van der Waals surface area contributed by atoms with Gasteiger partial charge in [-0.1, -0.05) is 84.6 Å². The average Bonchev–Trinajstić information content (AvgIpc) is 3.20. The number of aliphatic carboxylic acids is 1. The molecule has 6 nitrogen and oxygen atoms in total. The molecule has 3 N–H and O–H groups in total. The average molecular weight is 707 g/mol. The van der Waals surface area contributed by atoms with Crippen molar-refractivity contribution in [1.29, 1.82) is 0 Å². The summed E-state index contributed by atoms with van der Waals surface area (Å²) in [4.78, 5) is 12.9. The number of aliphatic hydroxyl groups is 2. The minimum absolute atomic E-state index is 0.0476. The number of ether oxygens (including phenoxy) is 2. The first-order chi connectivity index (χ1) is 24.1. The molecule has 13 atom stereocenters. The fraction of sp³-hybridized carbons (Fsp3) is 0.844. The first-order valence-electron chi connectivity index (χ1n) is 21.0. The minimum Gasteiger partial charge on any atom is -0.481 e. The van der Waals surface area contributed by atoms with Gasteiger partial charge in [0.2, 0.25) is 0 Å². The molecule has 0 radical (unpaired) electrons. The highest BCUT2D eigenvalue weighted by Gasteiger charge is 2.78. The second kappa shape index (κ2) is 13.1. The Morgan fingerprint density at radius 2 is 1.61 bits per heavy atom. The van der Waals surface area contributed by atoms with Crippen molar-refractivity contribution in [2.45, 2.75) is 169 Å². The molecule has 0 aromatic heterocycles.